The molecule has 1 saturated carbocycles. The van der Waals surface area contributed by atoms with E-state index in [0.29, 0.717) is 12.6 Å². The number of carbonyl (C=O) groups excluding carboxylic acids is 1. The zero-order valence-electron chi connectivity index (χ0n) is 10.4. The topological polar surface area (TPSA) is 69.6 Å². The molecule has 6 heteroatoms. The Bertz CT molecular complexity index is 312. The Morgan fingerprint density at radius 1 is 1.22 bits per heavy atom. The van der Waals surface area contributed by atoms with E-state index >= 15 is 0 Å². The number of rotatable bonds is 4. The second-order valence-electron chi connectivity index (χ2n) is 5.04. The van der Waals surface area contributed by atoms with Crippen LogP contribution in [0.15, 0.2) is 0 Å². The standard InChI is InChI=1S/C12H20N2O3.ClH/c15-11(13-7-12(16)17)8-14-6-2-4-9-3-1-5-10(9)14;/h9-10H,1-8H2,(H,13,15)(H,16,17);1H. The first-order valence-corrected chi connectivity index (χ1v) is 6.39. The number of amides is 1. The summed E-state index contributed by atoms with van der Waals surface area (Å²) in [5, 5.41) is 10.9. The molecular formula is C12H21ClN2O3. The highest BCUT2D eigenvalue weighted by Crippen LogP contribution is 2.36. The fourth-order valence-electron chi connectivity index (χ4n) is 3.17. The van der Waals surface area contributed by atoms with Crippen LogP contribution in [0.2, 0.25) is 0 Å². The van der Waals surface area contributed by atoms with Crippen molar-refractivity contribution in [2.45, 2.75) is 38.1 Å². The molecule has 0 radical (unpaired) electrons. The summed E-state index contributed by atoms with van der Waals surface area (Å²) in [6.07, 6.45) is 6.20. The Hall–Kier alpha value is -0.810. The molecule has 2 atom stereocenters. The number of piperidine rings is 1. The maximum Gasteiger partial charge on any atom is 0.322 e. The molecule has 0 spiro atoms. The zero-order chi connectivity index (χ0) is 12.3. The van der Waals surface area contributed by atoms with Crippen LogP contribution in [0, 0.1) is 5.92 Å². The van der Waals surface area contributed by atoms with Crippen LogP contribution in [0.3, 0.4) is 0 Å². The smallest absolute Gasteiger partial charge is 0.322 e. The number of hydrogen-bond acceptors (Lipinski definition) is 3. The van der Waals surface area contributed by atoms with Crippen molar-refractivity contribution in [2.24, 2.45) is 5.92 Å². The van der Waals surface area contributed by atoms with Crippen molar-refractivity contribution in [3.05, 3.63) is 0 Å². The van der Waals surface area contributed by atoms with Gasteiger partial charge in [0.05, 0.1) is 6.54 Å². The molecule has 1 aliphatic heterocycles. The minimum Gasteiger partial charge on any atom is -0.480 e. The van der Waals surface area contributed by atoms with Crippen LogP contribution >= 0.6 is 12.4 Å². The molecule has 1 aliphatic carbocycles. The molecule has 2 N–H and O–H groups in total. The van der Waals surface area contributed by atoms with E-state index in [4.69, 9.17) is 5.11 Å². The van der Waals surface area contributed by atoms with Gasteiger partial charge < -0.3 is 10.4 Å². The Morgan fingerprint density at radius 3 is 2.67 bits per heavy atom. The largest absolute Gasteiger partial charge is 0.480 e. The van der Waals surface area contributed by atoms with Crippen molar-refractivity contribution in [3.63, 3.8) is 0 Å². The number of likely N-dealkylation sites (tertiary alicyclic amines) is 1. The summed E-state index contributed by atoms with van der Waals surface area (Å²) in [5.41, 5.74) is 0. The molecule has 0 aromatic heterocycles. The number of nitrogens with zero attached hydrogens (tertiary/aromatic N) is 1. The van der Waals surface area contributed by atoms with E-state index in [1.807, 2.05) is 0 Å². The summed E-state index contributed by atoms with van der Waals surface area (Å²) in [6.45, 7) is 1.05. The van der Waals surface area contributed by atoms with Crippen molar-refractivity contribution in [3.8, 4) is 0 Å². The maximum atomic E-state index is 11.6. The van der Waals surface area contributed by atoms with Crippen LogP contribution in [0.5, 0.6) is 0 Å². The minimum atomic E-state index is -0.990. The Kier molecular flexibility index (Phi) is 5.88. The first-order valence-electron chi connectivity index (χ1n) is 6.39. The molecule has 5 nitrogen and oxygen atoms in total. The highest BCUT2D eigenvalue weighted by molar-refractivity contribution is 5.85. The molecule has 0 aromatic carbocycles. The van der Waals surface area contributed by atoms with Gasteiger partial charge in [-0.05, 0) is 38.1 Å². The molecule has 2 unspecified atom stereocenters. The molecule has 18 heavy (non-hydrogen) atoms. The third kappa shape index (κ3) is 3.85. The first-order chi connectivity index (χ1) is 8.16. The number of carboxylic acids is 1. The first kappa shape index (κ1) is 15.2. The van der Waals surface area contributed by atoms with E-state index in [0.717, 1.165) is 18.9 Å². The highest BCUT2D eigenvalue weighted by atomic mass is 35.5. The minimum absolute atomic E-state index is 0. The van der Waals surface area contributed by atoms with Gasteiger partial charge in [0.25, 0.3) is 0 Å². The summed E-state index contributed by atoms with van der Waals surface area (Å²) in [6, 6.07) is 0.555. The Morgan fingerprint density at radius 2 is 1.94 bits per heavy atom. The quantitative estimate of drug-likeness (QED) is 0.800. The average molecular weight is 277 g/mol. The summed E-state index contributed by atoms with van der Waals surface area (Å²) in [5.74, 6) is -0.397. The zero-order valence-corrected chi connectivity index (χ0v) is 11.2. The van der Waals surface area contributed by atoms with E-state index in [2.05, 4.69) is 10.2 Å². The van der Waals surface area contributed by atoms with Gasteiger partial charge in [-0.2, -0.15) is 0 Å². The van der Waals surface area contributed by atoms with Crippen LogP contribution in [0.4, 0.5) is 0 Å². The van der Waals surface area contributed by atoms with Crippen LogP contribution in [0.1, 0.15) is 32.1 Å². The Labute approximate surface area is 113 Å². The van der Waals surface area contributed by atoms with Crippen molar-refractivity contribution < 1.29 is 14.7 Å². The number of carbonyl (C=O) groups is 2. The molecule has 0 aromatic rings. The van der Waals surface area contributed by atoms with Gasteiger partial charge in [-0.25, -0.2) is 0 Å². The second-order valence-corrected chi connectivity index (χ2v) is 5.04. The second kappa shape index (κ2) is 6.95. The molecule has 1 amide bonds. The summed E-state index contributed by atoms with van der Waals surface area (Å²) >= 11 is 0. The third-order valence-electron chi connectivity index (χ3n) is 3.89. The monoisotopic (exact) mass is 276 g/mol. The number of halogens is 1. The van der Waals surface area contributed by atoms with Crippen molar-refractivity contribution in [1.82, 2.24) is 10.2 Å². The van der Waals surface area contributed by atoms with Gasteiger partial charge in [0, 0.05) is 6.04 Å². The molecule has 1 heterocycles. The SMILES string of the molecule is Cl.O=C(O)CNC(=O)CN1CCCC2CCCC21. The predicted octanol–water partition coefficient (Wildman–Crippen LogP) is 0.873. The van der Waals surface area contributed by atoms with Gasteiger partial charge >= 0.3 is 5.97 Å². The van der Waals surface area contributed by atoms with E-state index < -0.39 is 5.97 Å². The molecule has 1 saturated heterocycles. The molecule has 2 fully saturated rings. The lowest BCUT2D eigenvalue weighted by Gasteiger charge is -2.37. The van der Waals surface area contributed by atoms with E-state index in [1.165, 1.54) is 25.7 Å². The van der Waals surface area contributed by atoms with E-state index in [-0.39, 0.29) is 24.9 Å². The van der Waals surface area contributed by atoms with Gasteiger partial charge in [0.2, 0.25) is 5.91 Å². The van der Waals surface area contributed by atoms with Crippen molar-refractivity contribution in [2.75, 3.05) is 19.6 Å². The number of fused-ring (bicyclic) bond motifs is 1. The molecular weight excluding hydrogens is 256 g/mol. The van der Waals surface area contributed by atoms with Gasteiger partial charge in [-0.15, -0.1) is 12.4 Å². The Balaban J connectivity index is 0.00000162. The number of carboxylic acid groups (broad SMARTS) is 1. The van der Waals surface area contributed by atoms with Crippen LogP contribution in [0.25, 0.3) is 0 Å². The lowest BCUT2D eigenvalue weighted by atomic mass is 9.92. The molecule has 2 rings (SSSR count). The number of hydrogen-bond donors (Lipinski definition) is 2. The van der Waals surface area contributed by atoms with Crippen molar-refractivity contribution in [1.29, 1.82) is 0 Å². The fraction of sp³-hybridized carbons (Fsp3) is 0.833. The normalized spacial score (nSPS) is 27.1. The van der Waals surface area contributed by atoms with Crippen LogP contribution in [-0.4, -0.2) is 47.6 Å². The lowest BCUT2D eigenvalue weighted by molar-refractivity contribution is -0.138. The summed E-state index contributed by atoms with van der Waals surface area (Å²) in [4.78, 5) is 24.2. The van der Waals surface area contributed by atoms with Crippen LogP contribution < -0.4 is 5.32 Å². The molecule has 0 bridgehead atoms. The lowest BCUT2D eigenvalue weighted by Crippen LogP contribution is -2.48. The number of nitrogens with one attached hydrogen (secondary N) is 1. The average Bonchev–Trinajstić information content (AvgIpc) is 2.75. The molecule has 104 valence electrons. The van der Waals surface area contributed by atoms with Gasteiger partial charge in [0.15, 0.2) is 0 Å². The van der Waals surface area contributed by atoms with E-state index in [9.17, 15) is 9.59 Å². The molecule has 2 aliphatic rings. The third-order valence-corrected chi connectivity index (χ3v) is 3.89. The van der Waals surface area contributed by atoms with Crippen molar-refractivity contribution >= 4 is 24.3 Å². The van der Waals surface area contributed by atoms with Gasteiger partial charge in [-0.1, -0.05) is 6.42 Å². The summed E-state index contributed by atoms with van der Waals surface area (Å²) in [7, 11) is 0. The number of aliphatic carboxylic acids is 1. The van der Waals surface area contributed by atoms with Crippen LogP contribution in [-0.2, 0) is 9.59 Å². The predicted molar refractivity (Wildman–Crippen MR) is 69.8 cm³/mol. The van der Waals surface area contributed by atoms with Gasteiger partial charge in [-0.3, -0.25) is 14.5 Å². The highest BCUT2D eigenvalue weighted by Gasteiger charge is 2.35. The fourth-order valence-corrected chi connectivity index (χ4v) is 3.17. The summed E-state index contributed by atoms with van der Waals surface area (Å²) < 4.78 is 0. The maximum absolute atomic E-state index is 11.6. The van der Waals surface area contributed by atoms with E-state index in [1.54, 1.807) is 0 Å². The van der Waals surface area contributed by atoms with Gasteiger partial charge in [0.1, 0.15) is 6.54 Å².